The van der Waals surface area contributed by atoms with Gasteiger partial charge in [-0.2, -0.15) is 0 Å². The first kappa shape index (κ1) is 14.5. The zero-order valence-corrected chi connectivity index (χ0v) is 11.8. The first-order chi connectivity index (χ1) is 9.76. The number of fused-ring (bicyclic) bond motifs is 1. The van der Waals surface area contributed by atoms with Crippen LogP contribution in [0.1, 0.15) is 36.5 Å². The van der Waals surface area contributed by atoms with Crippen LogP contribution in [-0.2, 0) is 0 Å². The molecule has 106 valence electrons. The first-order valence-electron chi connectivity index (χ1n) is 7.11. The van der Waals surface area contributed by atoms with Crippen molar-refractivity contribution in [3.05, 3.63) is 42.1 Å². The minimum atomic E-state index is -0.0739. The van der Waals surface area contributed by atoms with Gasteiger partial charge in [0.2, 0.25) is 0 Å². The van der Waals surface area contributed by atoms with Crippen LogP contribution in [0.4, 0.5) is 0 Å². The number of unbranched alkanes of at least 4 members (excludes halogenated alkanes) is 1. The maximum atomic E-state index is 12.4. The van der Waals surface area contributed by atoms with Crippen LogP contribution in [-0.4, -0.2) is 23.5 Å². The highest BCUT2D eigenvalue weighted by atomic mass is 16.1. The fraction of sp³-hybridized carbons (Fsp3) is 0.375. The minimum absolute atomic E-state index is 0.0365. The molecule has 20 heavy (non-hydrogen) atoms. The van der Waals surface area contributed by atoms with Crippen LogP contribution in [0.25, 0.3) is 10.9 Å². The third kappa shape index (κ3) is 3.33. The average molecular weight is 271 g/mol. The number of pyridine rings is 1. The zero-order chi connectivity index (χ0) is 14.4. The Morgan fingerprint density at radius 1 is 1.35 bits per heavy atom. The predicted octanol–water partition coefficient (Wildman–Crippen LogP) is 2.48. The maximum absolute atomic E-state index is 12.4. The molecule has 0 saturated heterocycles. The molecule has 4 heteroatoms. The van der Waals surface area contributed by atoms with Gasteiger partial charge < -0.3 is 11.1 Å². The number of aromatic nitrogens is 1. The van der Waals surface area contributed by atoms with Gasteiger partial charge in [0.25, 0.3) is 5.91 Å². The fourth-order valence-electron chi connectivity index (χ4n) is 2.26. The molecule has 1 unspecified atom stereocenters. The molecule has 1 atom stereocenters. The highest BCUT2D eigenvalue weighted by molar-refractivity contribution is 6.06. The molecule has 4 nitrogen and oxygen atoms in total. The van der Waals surface area contributed by atoms with Crippen molar-refractivity contribution in [2.75, 3.05) is 6.54 Å². The number of nitrogens with one attached hydrogen (secondary N) is 1. The van der Waals surface area contributed by atoms with Gasteiger partial charge in [-0.25, -0.2) is 0 Å². The largest absolute Gasteiger partial charge is 0.348 e. The molecule has 2 aromatic rings. The second kappa shape index (κ2) is 7.01. The standard InChI is InChI=1S/C16H21N3O/c1-2-3-6-12(11-17)19-16(20)14-9-10-18-15-8-5-4-7-13(14)15/h4-5,7-10,12H,2-3,6,11,17H2,1H3,(H,19,20). The summed E-state index contributed by atoms with van der Waals surface area (Å²) >= 11 is 0. The van der Waals surface area contributed by atoms with E-state index < -0.39 is 0 Å². The Labute approximate surface area is 119 Å². The third-order valence-corrected chi connectivity index (χ3v) is 3.42. The maximum Gasteiger partial charge on any atom is 0.252 e. The molecule has 1 heterocycles. The molecule has 0 bridgehead atoms. The smallest absolute Gasteiger partial charge is 0.252 e. The molecule has 1 aromatic heterocycles. The van der Waals surface area contributed by atoms with Gasteiger partial charge in [0.05, 0.1) is 11.1 Å². The van der Waals surface area contributed by atoms with Crippen molar-refractivity contribution in [2.24, 2.45) is 5.73 Å². The molecule has 2 rings (SSSR count). The summed E-state index contributed by atoms with van der Waals surface area (Å²) in [7, 11) is 0. The molecule has 1 aromatic carbocycles. The number of carbonyl (C=O) groups is 1. The molecule has 3 N–H and O–H groups in total. The quantitative estimate of drug-likeness (QED) is 0.848. The Kier molecular flexibility index (Phi) is 5.07. The van der Waals surface area contributed by atoms with Crippen molar-refractivity contribution in [2.45, 2.75) is 32.2 Å². The topological polar surface area (TPSA) is 68.0 Å². The second-order valence-electron chi connectivity index (χ2n) is 4.92. The number of nitrogens with two attached hydrogens (primary N) is 1. The number of para-hydroxylation sites is 1. The van der Waals surface area contributed by atoms with Crippen LogP contribution < -0.4 is 11.1 Å². The Balaban J connectivity index is 2.18. The Hall–Kier alpha value is -1.94. The highest BCUT2D eigenvalue weighted by Crippen LogP contribution is 2.16. The second-order valence-corrected chi connectivity index (χ2v) is 4.92. The van der Waals surface area contributed by atoms with E-state index in [0.717, 1.165) is 30.2 Å². The van der Waals surface area contributed by atoms with E-state index in [0.29, 0.717) is 12.1 Å². The number of nitrogens with zero attached hydrogens (tertiary/aromatic N) is 1. The molecule has 0 aliphatic carbocycles. The highest BCUT2D eigenvalue weighted by Gasteiger charge is 2.14. The summed E-state index contributed by atoms with van der Waals surface area (Å²) in [6, 6.07) is 9.45. The van der Waals surface area contributed by atoms with E-state index in [2.05, 4.69) is 17.2 Å². The van der Waals surface area contributed by atoms with E-state index in [1.165, 1.54) is 0 Å². The van der Waals surface area contributed by atoms with Crippen LogP contribution in [0.2, 0.25) is 0 Å². The third-order valence-electron chi connectivity index (χ3n) is 3.42. The Morgan fingerprint density at radius 3 is 2.90 bits per heavy atom. The normalized spacial score (nSPS) is 12.3. The number of amides is 1. The Bertz CT molecular complexity index is 577. The monoisotopic (exact) mass is 271 g/mol. The van der Waals surface area contributed by atoms with Crippen LogP contribution >= 0.6 is 0 Å². The van der Waals surface area contributed by atoms with Crippen LogP contribution in [0.5, 0.6) is 0 Å². The molecule has 0 radical (unpaired) electrons. The van der Waals surface area contributed by atoms with Gasteiger partial charge in [-0.3, -0.25) is 9.78 Å². The van der Waals surface area contributed by atoms with Gasteiger partial charge in [0.15, 0.2) is 0 Å². The first-order valence-corrected chi connectivity index (χ1v) is 7.11. The number of carbonyl (C=O) groups excluding carboxylic acids is 1. The predicted molar refractivity (Wildman–Crippen MR) is 81.6 cm³/mol. The lowest BCUT2D eigenvalue weighted by Gasteiger charge is -2.17. The van der Waals surface area contributed by atoms with Gasteiger partial charge in [0, 0.05) is 24.2 Å². The van der Waals surface area contributed by atoms with Crippen molar-refractivity contribution >= 4 is 16.8 Å². The van der Waals surface area contributed by atoms with E-state index in [9.17, 15) is 4.79 Å². The molecule has 0 saturated carbocycles. The van der Waals surface area contributed by atoms with Gasteiger partial charge >= 0.3 is 0 Å². The van der Waals surface area contributed by atoms with Crippen LogP contribution in [0.15, 0.2) is 36.5 Å². The lowest BCUT2D eigenvalue weighted by molar-refractivity contribution is 0.0937. The summed E-state index contributed by atoms with van der Waals surface area (Å²) in [6.45, 7) is 2.60. The molecule has 0 spiro atoms. The van der Waals surface area contributed by atoms with Crippen molar-refractivity contribution in [3.63, 3.8) is 0 Å². The van der Waals surface area contributed by atoms with E-state index in [1.54, 1.807) is 12.3 Å². The van der Waals surface area contributed by atoms with Crippen molar-refractivity contribution in [1.82, 2.24) is 10.3 Å². The van der Waals surface area contributed by atoms with Crippen LogP contribution in [0, 0.1) is 0 Å². The molecule has 0 aliphatic rings. The number of hydrogen-bond acceptors (Lipinski definition) is 3. The summed E-state index contributed by atoms with van der Waals surface area (Å²) in [5.74, 6) is -0.0739. The molecule has 1 amide bonds. The number of rotatable bonds is 6. The fourth-order valence-corrected chi connectivity index (χ4v) is 2.26. The van der Waals surface area contributed by atoms with Gasteiger partial charge in [-0.05, 0) is 18.6 Å². The SMILES string of the molecule is CCCCC(CN)NC(=O)c1ccnc2ccccc12. The zero-order valence-electron chi connectivity index (χ0n) is 11.8. The van der Waals surface area contributed by atoms with E-state index in [1.807, 2.05) is 24.3 Å². The minimum Gasteiger partial charge on any atom is -0.348 e. The van der Waals surface area contributed by atoms with Gasteiger partial charge in [0.1, 0.15) is 0 Å². The summed E-state index contributed by atoms with van der Waals surface area (Å²) in [4.78, 5) is 16.7. The van der Waals surface area contributed by atoms with Crippen LogP contribution in [0.3, 0.4) is 0 Å². The average Bonchev–Trinajstić information content (AvgIpc) is 2.50. The molecule has 0 fully saturated rings. The van der Waals surface area contributed by atoms with E-state index in [4.69, 9.17) is 5.73 Å². The summed E-state index contributed by atoms with van der Waals surface area (Å²) in [5, 5.41) is 3.89. The van der Waals surface area contributed by atoms with E-state index >= 15 is 0 Å². The van der Waals surface area contributed by atoms with Gasteiger partial charge in [-0.15, -0.1) is 0 Å². The summed E-state index contributed by atoms with van der Waals surface area (Å²) in [6.07, 6.45) is 4.76. The van der Waals surface area contributed by atoms with Crippen molar-refractivity contribution in [3.8, 4) is 0 Å². The summed E-state index contributed by atoms with van der Waals surface area (Å²) < 4.78 is 0. The van der Waals surface area contributed by atoms with Crippen molar-refractivity contribution < 1.29 is 4.79 Å². The van der Waals surface area contributed by atoms with E-state index in [-0.39, 0.29) is 11.9 Å². The number of hydrogen-bond donors (Lipinski definition) is 2. The Morgan fingerprint density at radius 2 is 2.15 bits per heavy atom. The van der Waals surface area contributed by atoms with Gasteiger partial charge in [-0.1, -0.05) is 38.0 Å². The lowest BCUT2D eigenvalue weighted by atomic mass is 10.1. The molecular weight excluding hydrogens is 250 g/mol. The summed E-state index contributed by atoms with van der Waals surface area (Å²) in [5.41, 5.74) is 7.21. The molecular formula is C16H21N3O. The lowest BCUT2D eigenvalue weighted by Crippen LogP contribution is -2.40. The molecule has 0 aliphatic heterocycles. The number of benzene rings is 1. The van der Waals surface area contributed by atoms with Crippen molar-refractivity contribution in [1.29, 1.82) is 0 Å².